The average molecular weight is 611 g/mol. The Balaban J connectivity index is 0.851. The quantitative estimate of drug-likeness (QED) is 0.381. The van der Waals surface area contributed by atoms with Crippen molar-refractivity contribution in [1.82, 2.24) is 25.1 Å². The van der Waals surface area contributed by atoms with Gasteiger partial charge in [0, 0.05) is 50.2 Å². The van der Waals surface area contributed by atoms with Crippen LogP contribution in [-0.2, 0) is 4.79 Å². The first-order valence-electron chi connectivity index (χ1n) is 16.7. The predicted molar refractivity (Wildman–Crippen MR) is 172 cm³/mol. The number of aliphatic carboxylic acids is 1. The molecule has 2 aliphatic carbocycles. The van der Waals surface area contributed by atoms with E-state index in [1.807, 2.05) is 24.3 Å². The van der Waals surface area contributed by atoms with Crippen LogP contribution in [0.15, 0.2) is 42.7 Å². The Morgan fingerprint density at radius 3 is 2.42 bits per heavy atom. The summed E-state index contributed by atoms with van der Waals surface area (Å²) in [4.78, 5) is 28.4. The first-order valence-corrected chi connectivity index (χ1v) is 16.7. The molecular formula is C34H42N8O3. The zero-order chi connectivity index (χ0) is 30.5. The number of anilines is 3. The Kier molecular flexibility index (Phi) is 7.23. The molecule has 0 bridgehead atoms. The summed E-state index contributed by atoms with van der Waals surface area (Å²) in [5.41, 5.74) is 4.03. The number of phenolic OH excluding ortho intramolecular Hbond substituents is 1. The molecular weight excluding hydrogens is 568 g/mol. The zero-order valence-corrected chi connectivity index (χ0v) is 25.7. The van der Waals surface area contributed by atoms with E-state index in [1.54, 1.807) is 6.07 Å². The minimum Gasteiger partial charge on any atom is -0.507 e. The number of carboxylic acid groups (broad SMARTS) is 1. The van der Waals surface area contributed by atoms with Crippen LogP contribution in [0.25, 0.3) is 11.3 Å². The highest BCUT2D eigenvalue weighted by molar-refractivity contribution is 5.76. The summed E-state index contributed by atoms with van der Waals surface area (Å²) in [5.74, 6) is 1.56. The number of aromatic hydroxyl groups is 1. The molecule has 236 valence electrons. The standard InChI is InChI=1S/C34H42N8O3/c43-30-4-2-1-3-27(30)28-15-29-31(39-38-28)35-20-26-21-41(13-14-42(26)29)33-36-18-24(19-37-33)22-7-11-40(12-8-22)25-16-34(17-25)9-5-23(6-10-34)32(44)45/h1-4,15,18-19,22-23,25-26,43H,5-14,16-17,20-21H2,(H,35,39)(H,44,45)/t23-,25-,26-,34?/m0/s1. The van der Waals surface area contributed by atoms with Gasteiger partial charge in [-0.15, -0.1) is 10.2 Å². The Bertz CT molecular complexity index is 1540. The summed E-state index contributed by atoms with van der Waals surface area (Å²) in [6.45, 7) is 5.49. The molecule has 1 atom stereocenters. The Hall–Kier alpha value is -3.99. The van der Waals surface area contributed by atoms with E-state index in [-0.39, 0.29) is 17.7 Å². The number of nitrogens with zero attached hydrogens (tertiary/aromatic N) is 7. The van der Waals surface area contributed by atoms with E-state index in [9.17, 15) is 15.0 Å². The van der Waals surface area contributed by atoms with Crippen LogP contribution in [0.2, 0.25) is 0 Å². The number of hydrogen-bond donors (Lipinski definition) is 3. The van der Waals surface area contributed by atoms with Crippen molar-refractivity contribution in [3.63, 3.8) is 0 Å². The molecule has 1 aromatic carbocycles. The largest absolute Gasteiger partial charge is 0.507 e. The second kappa shape index (κ2) is 11.4. The molecule has 2 aromatic heterocycles. The fourth-order valence-corrected chi connectivity index (χ4v) is 8.68. The SMILES string of the molecule is O=C(O)[C@H]1CCC2(CC1)C[C@H](N1CCC(c3cnc(N4CCN5c6cc(-c7ccccc7O)nnc6NC[C@H]5C4)nc3)CC1)C2. The molecule has 2 saturated carbocycles. The number of rotatable bonds is 5. The van der Waals surface area contributed by atoms with Crippen LogP contribution in [0.5, 0.6) is 5.75 Å². The molecule has 3 N–H and O–H groups in total. The summed E-state index contributed by atoms with van der Waals surface area (Å²) >= 11 is 0. The third kappa shape index (κ3) is 5.34. The van der Waals surface area contributed by atoms with Gasteiger partial charge >= 0.3 is 5.97 Å². The molecule has 4 fully saturated rings. The van der Waals surface area contributed by atoms with Crippen LogP contribution in [0.3, 0.4) is 0 Å². The fourth-order valence-electron chi connectivity index (χ4n) is 8.68. The molecule has 45 heavy (non-hydrogen) atoms. The van der Waals surface area contributed by atoms with Crippen molar-refractivity contribution in [2.75, 3.05) is 54.4 Å². The molecule has 5 heterocycles. The maximum Gasteiger partial charge on any atom is 0.306 e. The molecule has 3 aromatic rings. The first-order chi connectivity index (χ1) is 21.9. The van der Waals surface area contributed by atoms with Gasteiger partial charge in [-0.05, 0) is 99.6 Å². The highest BCUT2D eigenvalue weighted by Gasteiger charge is 2.49. The van der Waals surface area contributed by atoms with Crippen molar-refractivity contribution in [1.29, 1.82) is 0 Å². The molecule has 0 amide bonds. The molecule has 11 nitrogen and oxygen atoms in total. The number of phenols is 1. The summed E-state index contributed by atoms with van der Waals surface area (Å²) in [6.07, 6.45) is 12.8. The van der Waals surface area contributed by atoms with Gasteiger partial charge in [0.1, 0.15) is 5.75 Å². The van der Waals surface area contributed by atoms with Crippen molar-refractivity contribution >= 4 is 23.4 Å². The Morgan fingerprint density at radius 1 is 0.933 bits per heavy atom. The van der Waals surface area contributed by atoms with E-state index in [1.165, 1.54) is 18.4 Å². The van der Waals surface area contributed by atoms with Gasteiger partial charge in [0.15, 0.2) is 5.82 Å². The number of benzene rings is 1. The second-order valence-electron chi connectivity index (χ2n) is 14.0. The molecule has 8 rings (SSSR count). The van der Waals surface area contributed by atoms with Crippen molar-refractivity contribution in [2.45, 2.75) is 69.4 Å². The molecule has 0 radical (unpaired) electrons. The van der Waals surface area contributed by atoms with Gasteiger partial charge in [-0.1, -0.05) is 12.1 Å². The van der Waals surface area contributed by atoms with Gasteiger partial charge in [0.25, 0.3) is 0 Å². The van der Waals surface area contributed by atoms with Crippen LogP contribution in [0.1, 0.15) is 62.8 Å². The summed E-state index contributed by atoms with van der Waals surface area (Å²) in [5, 5.41) is 31.9. The molecule has 11 heteroatoms. The van der Waals surface area contributed by atoms with E-state index >= 15 is 0 Å². The third-order valence-corrected chi connectivity index (χ3v) is 11.4. The average Bonchev–Trinajstić information content (AvgIpc) is 3.07. The van der Waals surface area contributed by atoms with Crippen LogP contribution in [0.4, 0.5) is 17.5 Å². The lowest BCUT2D eigenvalue weighted by Crippen LogP contribution is -2.58. The van der Waals surface area contributed by atoms with E-state index in [2.05, 4.69) is 42.6 Å². The van der Waals surface area contributed by atoms with Crippen LogP contribution >= 0.6 is 0 Å². The van der Waals surface area contributed by atoms with Crippen LogP contribution < -0.4 is 15.1 Å². The number of nitrogens with one attached hydrogen (secondary N) is 1. The van der Waals surface area contributed by atoms with Gasteiger partial charge in [0.2, 0.25) is 5.95 Å². The summed E-state index contributed by atoms with van der Waals surface area (Å²) in [7, 11) is 0. The van der Waals surface area contributed by atoms with E-state index in [4.69, 9.17) is 9.97 Å². The number of para-hydroxylation sites is 1. The lowest BCUT2D eigenvalue weighted by molar-refractivity contribution is -0.145. The third-order valence-electron chi connectivity index (χ3n) is 11.4. The number of piperidine rings is 1. The normalized spacial score (nSPS) is 28.6. The Morgan fingerprint density at radius 2 is 1.69 bits per heavy atom. The number of likely N-dealkylation sites (tertiary alicyclic amines) is 1. The second-order valence-corrected chi connectivity index (χ2v) is 14.0. The van der Waals surface area contributed by atoms with Gasteiger partial charge in [-0.3, -0.25) is 4.79 Å². The highest BCUT2D eigenvalue weighted by Crippen LogP contribution is 2.55. The fraction of sp³-hybridized carbons (Fsp3) is 0.559. The van der Waals surface area contributed by atoms with E-state index in [0.29, 0.717) is 28.6 Å². The smallest absolute Gasteiger partial charge is 0.306 e. The van der Waals surface area contributed by atoms with Gasteiger partial charge in [-0.25, -0.2) is 9.97 Å². The van der Waals surface area contributed by atoms with Gasteiger partial charge in [-0.2, -0.15) is 0 Å². The first kappa shape index (κ1) is 28.5. The monoisotopic (exact) mass is 610 g/mol. The maximum absolute atomic E-state index is 11.3. The maximum atomic E-state index is 11.3. The minimum absolute atomic E-state index is 0.119. The topological polar surface area (TPSA) is 131 Å². The number of hydrogen-bond acceptors (Lipinski definition) is 10. The number of carbonyl (C=O) groups is 1. The van der Waals surface area contributed by atoms with Crippen molar-refractivity contribution in [3.8, 4) is 17.0 Å². The lowest BCUT2D eigenvalue weighted by Gasteiger charge is -2.55. The number of piperazine rings is 1. The Labute approximate surface area is 263 Å². The number of fused-ring (bicyclic) bond motifs is 3. The number of carboxylic acids is 1. The van der Waals surface area contributed by atoms with Crippen molar-refractivity contribution in [2.24, 2.45) is 11.3 Å². The van der Waals surface area contributed by atoms with Gasteiger partial charge < -0.3 is 30.2 Å². The van der Waals surface area contributed by atoms with Crippen molar-refractivity contribution < 1.29 is 15.0 Å². The highest BCUT2D eigenvalue weighted by atomic mass is 16.4. The lowest BCUT2D eigenvalue weighted by atomic mass is 9.56. The zero-order valence-electron chi connectivity index (χ0n) is 25.7. The van der Waals surface area contributed by atoms with Gasteiger partial charge in [0.05, 0.1) is 23.3 Å². The van der Waals surface area contributed by atoms with Crippen LogP contribution in [0, 0.1) is 11.3 Å². The van der Waals surface area contributed by atoms with Crippen molar-refractivity contribution in [3.05, 3.63) is 48.3 Å². The van der Waals surface area contributed by atoms with E-state index in [0.717, 1.165) is 95.2 Å². The molecule has 5 aliphatic rings. The summed E-state index contributed by atoms with van der Waals surface area (Å²) < 4.78 is 0. The molecule has 1 spiro atoms. The molecule has 2 saturated heterocycles. The summed E-state index contributed by atoms with van der Waals surface area (Å²) in [6, 6.07) is 10.2. The number of aromatic nitrogens is 4. The molecule has 3 aliphatic heterocycles. The minimum atomic E-state index is -0.605. The van der Waals surface area contributed by atoms with E-state index < -0.39 is 5.97 Å². The van der Waals surface area contributed by atoms with Crippen LogP contribution in [-0.4, -0.2) is 92.6 Å². The molecule has 0 unspecified atom stereocenters. The predicted octanol–water partition coefficient (Wildman–Crippen LogP) is 4.36.